The summed E-state index contributed by atoms with van der Waals surface area (Å²) in [6, 6.07) is 29.2. The number of hydrazone groups is 1. The Kier molecular flexibility index (Phi) is 8.89. The first-order valence-electron chi connectivity index (χ1n) is 11.7. The highest BCUT2D eigenvalue weighted by atomic mass is 79.9. The van der Waals surface area contributed by atoms with E-state index in [-0.39, 0.29) is 5.75 Å². The van der Waals surface area contributed by atoms with Crippen molar-refractivity contribution in [3.8, 4) is 28.4 Å². The first-order valence-corrected chi connectivity index (χ1v) is 12.5. The van der Waals surface area contributed by atoms with Gasteiger partial charge in [0.1, 0.15) is 17.2 Å². The summed E-state index contributed by atoms with van der Waals surface area (Å²) in [6.45, 7) is 1.64. The number of rotatable bonds is 9. The number of methoxy groups -OCH3 is 1. The molecule has 0 aliphatic heterocycles. The number of carbonyl (C=O) groups is 2. The average molecular weight is 573 g/mol. The summed E-state index contributed by atoms with van der Waals surface area (Å²) in [5.74, 6) is 0.524. The highest BCUT2D eigenvalue weighted by molar-refractivity contribution is 9.10. The van der Waals surface area contributed by atoms with Crippen LogP contribution in [0.1, 0.15) is 22.8 Å². The highest BCUT2D eigenvalue weighted by Gasteiger charge is 2.15. The number of benzene rings is 4. The normalized spacial score (nSPS) is 11.6. The maximum absolute atomic E-state index is 12.6. The number of hydrogen-bond donors (Lipinski definition) is 1. The second kappa shape index (κ2) is 12.7. The van der Waals surface area contributed by atoms with Crippen molar-refractivity contribution >= 4 is 34.0 Å². The number of amides is 1. The van der Waals surface area contributed by atoms with Crippen molar-refractivity contribution in [2.24, 2.45) is 5.10 Å². The maximum Gasteiger partial charge on any atom is 0.343 e. The van der Waals surface area contributed by atoms with Crippen molar-refractivity contribution in [1.29, 1.82) is 0 Å². The Morgan fingerprint density at radius 1 is 0.868 bits per heavy atom. The quantitative estimate of drug-likeness (QED) is 0.111. The summed E-state index contributed by atoms with van der Waals surface area (Å²) in [5.41, 5.74) is 5.48. The number of nitrogens with one attached hydrogen (secondary N) is 1. The molecule has 4 aromatic carbocycles. The van der Waals surface area contributed by atoms with Crippen LogP contribution >= 0.6 is 15.9 Å². The first kappa shape index (κ1) is 26.6. The van der Waals surface area contributed by atoms with Gasteiger partial charge in [-0.1, -0.05) is 58.4 Å². The SMILES string of the molecule is COc1ccc(C(=O)Oc2ccc(Br)cc2/C=N\NC(=O)[C@H](C)Oc2ccc(-c3ccccc3)cc2)cc1. The molecule has 1 amide bonds. The Bertz CT molecular complexity index is 1420. The highest BCUT2D eigenvalue weighted by Crippen LogP contribution is 2.24. The van der Waals surface area contributed by atoms with E-state index in [9.17, 15) is 9.59 Å². The summed E-state index contributed by atoms with van der Waals surface area (Å²) >= 11 is 3.40. The van der Waals surface area contributed by atoms with Crippen LogP contribution < -0.4 is 19.6 Å². The molecule has 0 aliphatic carbocycles. The van der Waals surface area contributed by atoms with E-state index < -0.39 is 18.0 Å². The topological polar surface area (TPSA) is 86.2 Å². The monoisotopic (exact) mass is 572 g/mol. The fourth-order valence-corrected chi connectivity index (χ4v) is 3.85. The third-order valence-corrected chi connectivity index (χ3v) is 6.02. The van der Waals surface area contributed by atoms with E-state index in [0.717, 1.165) is 15.6 Å². The molecule has 1 N–H and O–H groups in total. The van der Waals surface area contributed by atoms with Gasteiger partial charge in [0.15, 0.2) is 6.10 Å². The van der Waals surface area contributed by atoms with Crippen molar-refractivity contribution in [3.63, 3.8) is 0 Å². The van der Waals surface area contributed by atoms with Gasteiger partial charge in [-0.2, -0.15) is 5.10 Å². The molecule has 0 unspecified atom stereocenters. The van der Waals surface area contributed by atoms with E-state index in [1.54, 1.807) is 56.5 Å². The van der Waals surface area contributed by atoms with Gasteiger partial charge in [-0.25, -0.2) is 10.2 Å². The molecule has 1 atom stereocenters. The predicted octanol–water partition coefficient (Wildman–Crippen LogP) is 6.26. The fourth-order valence-electron chi connectivity index (χ4n) is 3.47. The lowest BCUT2D eigenvalue weighted by molar-refractivity contribution is -0.127. The summed E-state index contributed by atoms with van der Waals surface area (Å²) in [7, 11) is 1.55. The zero-order valence-electron chi connectivity index (χ0n) is 20.8. The molecule has 192 valence electrons. The van der Waals surface area contributed by atoms with Crippen LogP contribution in [-0.4, -0.2) is 31.3 Å². The molecule has 38 heavy (non-hydrogen) atoms. The van der Waals surface area contributed by atoms with Gasteiger partial charge in [0.2, 0.25) is 0 Å². The van der Waals surface area contributed by atoms with Crippen LogP contribution in [0.25, 0.3) is 11.1 Å². The van der Waals surface area contributed by atoms with E-state index in [2.05, 4.69) is 26.5 Å². The van der Waals surface area contributed by atoms with Gasteiger partial charge in [0, 0.05) is 10.0 Å². The van der Waals surface area contributed by atoms with Crippen molar-refractivity contribution in [2.45, 2.75) is 13.0 Å². The minimum atomic E-state index is -0.787. The largest absolute Gasteiger partial charge is 0.497 e. The van der Waals surface area contributed by atoms with Crippen LogP contribution in [-0.2, 0) is 4.79 Å². The smallest absolute Gasteiger partial charge is 0.343 e. The lowest BCUT2D eigenvalue weighted by Crippen LogP contribution is -2.33. The van der Waals surface area contributed by atoms with Gasteiger partial charge in [0.05, 0.1) is 18.9 Å². The molecule has 0 heterocycles. The number of nitrogens with zero attached hydrogens (tertiary/aromatic N) is 1. The molecule has 0 bridgehead atoms. The van der Waals surface area contributed by atoms with Gasteiger partial charge in [0.25, 0.3) is 5.91 Å². The second-order valence-electron chi connectivity index (χ2n) is 8.18. The minimum absolute atomic E-state index is 0.287. The number of hydrogen-bond acceptors (Lipinski definition) is 6. The third kappa shape index (κ3) is 7.08. The zero-order chi connectivity index (χ0) is 26.9. The van der Waals surface area contributed by atoms with Crippen molar-refractivity contribution < 1.29 is 23.8 Å². The Labute approximate surface area is 229 Å². The van der Waals surface area contributed by atoms with Crippen LogP contribution in [0.2, 0.25) is 0 Å². The lowest BCUT2D eigenvalue weighted by atomic mass is 10.1. The summed E-state index contributed by atoms with van der Waals surface area (Å²) < 4.78 is 17.2. The van der Waals surface area contributed by atoms with Crippen LogP contribution in [0.15, 0.2) is 107 Å². The average Bonchev–Trinajstić information content (AvgIpc) is 2.95. The Balaban J connectivity index is 1.36. The van der Waals surface area contributed by atoms with Crippen LogP contribution in [0.5, 0.6) is 17.2 Å². The Morgan fingerprint density at radius 2 is 1.53 bits per heavy atom. The van der Waals surface area contributed by atoms with E-state index in [0.29, 0.717) is 22.6 Å². The molecular formula is C30H25BrN2O5. The summed E-state index contributed by atoms with van der Waals surface area (Å²) in [5, 5.41) is 4.03. The van der Waals surface area contributed by atoms with Gasteiger partial charge >= 0.3 is 5.97 Å². The van der Waals surface area contributed by atoms with E-state index in [1.807, 2.05) is 54.6 Å². The van der Waals surface area contributed by atoms with Crippen molar-refractivity contribution in [2.75, 3.05) is 7.11 Å². The Hall–Kier alpha value is -4.43. The lowest BCUT2D eigenvalue weighted by Gasteiger charge is -2.13. The molecule has 0 aromatic heterocycles. The summed E-state index contributed by atoms with van der Waals surface area (Å²) in [4.78, 5) is 25.1. The molecule has 0 fully saturated rings. The van der Waals surface area contributed by atoms with Gasteiger partial charge < -0.3 is 14.2 Å². The number of esters is 1. The van der Waals surface area contributed by atoms with E-state index in [4.69, 9.17) is 14.2 Å². The molecule has 7 nitrogen and oxygen atoms in total. The predicted molar refractivity (Wildman–Crippen MR) is 150 cm³/mol. The fraction of sp³-hybridized carbons (Fsp3) is 0.100. The van der Waals surface area contributed by atoms with Crippen molar-refractivity contribution in [1.82, 2.24) is 5.43 Å². The van der Waals surface area contributed by atoms with E-state index >= 15 is 0 Å². The molecule has 4 aromatic rings. The van der Waals surface area contributed by atoms with Gasteiger partial charge in [-0.15, -0.1) is 0 Å². The molecule has 0 aliphatic rings. The minimum Gasteiger partial charge on any atom is -0.497 e. The first-order chi connectivity index (χ1) is 18.4. The molecule has 0 spiro atoms. The second-order valence-corrected chi connectivity index (χ2v) is 9.10. The molecule has 0 saturated carbocycles. The third-order valence-electron chi connectivity index (χ3n) is 5.52. The molecular weight excluding hydrogens is 548 g/mol. The van der Waals surface area contributed by atoms with Crippen LogP contribution in [0, 0.1) is 0 Å². The number of halogens is 1. The maximum atomic E-state index is 12.6. The van der Waals surface area contributed by atoms with Crippen LogP contribution in [0.3, 0.4) is 0 Å². The van der Waals surface area contributed by atoms with Crippen LogP contribution in [0.4, 0.5) is 0 Å². The summed E-state index contributed by atoms with van der Waals surface area (Å²) in [6.07, 6.45) is 0.616. The van der Waals surface area contributed by atoms with E-state index in [1.165, 1.54) is 6.21 Å². The molecule has 0 radical (unpaired) electrons. The molecule has 0 saturated heterocycles. The molecule has 4 rings (SSSR count). The van der Waals surface area contributed by atoms with Crippen molar-refractivity contribution in [3.05, 3.63) is 113 Å². The zero-order valence-corrected chi connectivity index (χ0v) is 22.3. The standard InChI is InChI=1S/C30H25BrN2O5/c1-20(37-27-15-8-22(9-16-27)21-6-4-3-5-7-21)29(34)33-32-19-24-18-25(31)12-17-28(24)38-30(35)23-10-13-26(36-2)14-11-23/h3-20H,1-2H3,(H,33,34)/b32-19-/t20-/m0/s1. The van der Waals surface area contributed by atoms with Gasteiger partial charge in [-0.05, 0) is 72.6 Å². The molecule has 8 heteroatoms. The Morgan fingerprint density at radius 3 is 2.21 bits per heavy atom. The number of carbonyl (C=O) groups excluding carboxylic acids is 2. The number of ether oxygens (including phenoxy) is 3. The van der Waals surface area contributed by atoms with Gasteiger partial charge in [-0.3, -0.25) is 4.79 Å².